The van der Waals surface area contributed by atoms with Crippen molar-refractivity contribution in [2.75, 3.05) is 29.6 Å². The zero-order valence-electron chi connectivity index (χ0n) is 15.3. The van der Waals surface area contributed by atoms with Crippen LogP contribution in [-0.4, -0.2) is 47.1 Å². The second-order valence-corrected chi connectivity index (χ2v) is 7.58. The molecule has 160 valence electrons. The quantitative estimate of drug-likeness (QED) is 0.329. The van der Waals surface area contributed by atoms with Crippen molar-refractivity contribution < 1.29 is 27.7 Å². The van der Waals surface area contributed by atoms with Crippen LogP contribution < -0.4 is 10.2 Å². The third-order valence-electron chi connectivity index (χ3n) is 3.95. The van der Waals surface area contributed by atoms with E-state index in [-0.39, 0.29) is 12.2 Å². The van der Waals surface area contributed by atoms with Gasteiger partial charge in [0.1, 0.15) is 0 Å². The molecule has 2 aromatic rings. The molecule has 0 unspecified atom stereocenters. The van der Waals surface area contributed by atoms with E-state index in [4.69, 9.17) is 4.55 Å². The molecule has 0 fully saturated rings. The van der Waals surface area contributed by atoms with Gasteiger partial charge in [-0.2, -0.15) is 8.42 Å². The monoisotopic (exact) mass is 441 g/mol. The van der Waals surface area contributed by atoms with Crippen molar-refractivity contribution in [3.63, 3.8) is 0 Å². The molecule has 0 atom stereocenters. The van der Waals surface area contributed by atoms with Gasteiger partial charge in [0, 0.05) is 25.0 Å². The average Bonchev–Trinajstić information content (AvgIpc) is 2.65. The van der Waals surface area contributed by atoms with Crippen LogP contribution in [0.4, 0.5) is 34.1 Å². The van der Waals surface area contributed by atoms with Crippen LogP contribution >= 0.6 is 0 Å². The molecule has 0 radical (unpaired) electrons. The molecule has 2 N–H and O–H groups in total. The number of nitrogens with one attached hydrogen (secondary N) is 1. The van der Waals surface area contributed by atoms with Gasteiger partial charge in [-0.25, -0.2) is 0 Å². The molecule has 0 saturated carbocycles. The molecule has 0 aliphatic heterocycles. The van der Waals surface area contributed by atoms with Crippen molar-refractivity contribution in [1.29, 1.82) is 0 Å². The lowest BCUT2D eigenvalue weighted by Crippen LogP contribution is -2.24. The fraction of sp³-hybridized carbons (Fsp3) is 0.200. The third-order valence-corrected chi connectivity index (χ3v) is 4.65. The van der Waals surface area contributed by atoms with Crippen molar-refractivity contribution in [3.05, 3.63) is 66.7 Å². The molecular formula is C15H15N5O9S. The maximum atomic E-state index is 11.3. The summed E-state index contributed by atoms with van der Waals surface area (Å²) in [6.45, 7) is -0.00902. The number of rotatable bonds is 9. The van der Waals surface area contributed by atoms with E-state index in [9.17, 15) is 38.8 Å². The molecule has 0 bridgehead atoms. The van der Waals surface area contributed by atoms with Crippen molar-refractivity contribution in [2.45, 2.75) is 0 Å². The van der Waals surface area contributed by atoms with E-state index >= 15 is 0 Å². The Labute approximate surface area is 168 Å². The first-order chi connectivity index (χ1) is 13.9. The molecule has 14 nitrogen and oxygen atoms in total. The maximum absolute atomic E-state index is 11.3. The summed E-state index contributed by atoms with van der Waals surface area (Å²) in [5, 5.41) is 36.1. The van der Waals surface area contributed by atoms with Crippen LogP contribution in [0.5, 0.6) is 0 Å². The van der Waals surface area contributed by atoms with E-state index < -0.39 is 53.4 Å². The van der Waals surface area contributed by atoms with Gasteiger partial charge in [0.15, 0.2) is 5.69 Å². The first-order valence-corrected chi connectivity index (χ1v) is 9.64. The molecule has 0 saturated heterocycles. The van der Waals surface area contributed by atoms with Crippen LogP contribution in [0.2, 0.25) is 0 Å². The van der Waals surface area contributed by atoms with Crippen molar-refractivity contribution in [3.8, 4) is 0 Å². The van der Waals surface area contributed by atoms with Crippen LogP contribution in [0.25, 0.3) is 0 Å². The Morgan fingerprint density at radius 2 is 1.47 bits per heavy atom. The first kappa shape index (κ1) is 22.4. The SMILES string of the molecule is CN(CCS(=O)(=O)O)c1ccc(Nc2c([N+](=O)[O-])cc([N+](=O)[O-])cc2[N+](=O)[O-])cc1. The molecule has 0 aromatic heterocycles. The minimum atomic E-state index is -4.14. The van der Waals surface area contributed by atoms with Crippen LogP contribution in [0.3, 0.4) is 0 Å². The predicted octanol–water partition coefficient (Wildman–Crippen LogP) is 2.48. The predicted molar refractivity (Wildman–Crippen MR) is 106 cm³/mol. The lowest BCUT2D eigenvalue weighted by Gasteiger charge is -2.19. The summed E-state index contributed by atoms with van der Waals surface area (Å²) in [7, 11) is -2.57. The summed E-state index contributed by atoms with van der Waals surface area (Å²) in [6, 6.07) is 7.10. The van der Waals surface area contributed by atoms with E-state index in [0.29, 0.717) is 17.8 Å². The standard InChI is InChI=1S/C15H15N5O9S/c1-17(6-7-30(27,28)29)11-4-2-10(3-5-11)16-15-13(19(23)24)8-12(18(21)22)9-14(15)20(25)26/h2-5,8-9,16H,6-7H2,1H3,(H,27,28,29). The fourth-order valence-electron chi connectivity index (χ4n) is 2.44. The second kappa shape index (κ2) is 8.66. The highest BCUT2D eigenvalue weighted by Crippen LogP contribution is 2.40. The van der Waals surface area contributed by atoms with E-state index in [1.54, 1.807) is 7.05 Å². The lowest BCUT2D eigenvalue weighted by molar-refractivity contribution is -0.401. The fourth-order valence-corrected chi connectivity index (χ4v) is 2.95. The number of nitro groups is 3. The Bertz CT molecular complexity index is 1070. The summed E-state index contributed by atoms with van der Waals surface area (Å²) in [5.74, 6) is -0.495. The number of nitro benzene ring substituents is 3. The van der Waals surface area contributed by atoms with Gasteiger partial charge in [0.05, 0.1) is 32.7 Å². The van der Waals surface area contributed by atoms with E-state index in [1.807, 2.05) is 0 Å². The number of non-ortho nitro benzene ring substituents is 1. The first-order valence-electron chi connectivity index (χ1n) is 8.03. The molecule has 0 aliphatic carbocycles. The number of benzene rings is 2. The number of nitrogens with zero attached hydrogens (tertiary/aromatic N) is 4. The van der Waals surface area contributed by atoms with Gasteiger partial charge in [0.2, 0.25) is 0 Å². The zero-order valence-corrected chi connectivity index (χ0v) is 16.1. The Balaban J connectivity index is 2.36. The minimum Gasteiger partial charge on any atom is -0.373 e. The molecule has 0 amide bonds. The lowest BCUT2D eigenvalue weighted by atomic mass is 10.2. The molecule has 0 spiro atoms. The van der Waals surface area contributed by atoms with Gasteiger partial charge in [-0.15, -0.1) is 0 Å². The molecule has 0 heterocycles. The summed E-state index contributed by atoms with van der Waals surface area (Å²) >= 11 is 0. The van der Waals surface area contributed by atoms with Gasteiger partial charge < -0.3 is 10.2 Å². The molecule has 30 heavy (non-hydrogen) atoms. The maximum Gasteiger partial charge on any atom is 0.306 e. The molecule has 2 aromatic carbocycles. The minimum absolute atomic E-state index is 0.00902. The van der Waals surface area contributed by atoms with Gasteiger partial charge in [-0.1, -0.05) is 0 Å². The normalized spacial score (nSPS) is 11.0. The molecule has 15 heteroatoms. The Morgan fingerprint density at radius 3 is 1.87 bits per heavy atom. The van der Waals surface area contributed by atoms with Crippen LogP contribution in [0.15, 0.2) is 36.4 Å². The Hall–Kier alpha value is -3.85. The Kier molecular flexibility index (Phi) is 6.48. The second-order valence-electron chi connectivity index (χ2n) is 6.01. The van der Waals surface area contributed by atoms with Crippen molar-refractivity contribution >= 4 is 44.2 Å². The largest absolute Gasteiger partial charge is 0.373 e. The van der Waals surface area contributed by atoms with Crippen LogP contribution in [0, 0.1) is 30.3 Å². The van der Waals surface area contributed by atoms with E-state index in [2.05, 4.69) is 5.32 Å². The Morgan fingerprint density at radius 1 is 0.967 bits per heavy atom. The summed E-state index contributed by atoms with van der Waals surface area (Å²) < 4.78 is 30.5. The van der Waals surface area contributed by atoms with E-state index in [1.165, 1.54) is 29.2 Å². The highest BCUT2D eigenvalue weighted by molar-refractivity contribution is 7.85. The van der Waals surface area contributed by atoms with Gasteiger partial charge in [-0.05, 0) is 24.3 Å². The van der Waals surface area contributed by atoms with Crippen LogP contribution in [0.1, 0.15) is 0 Å². The molecule has 2 rings (SSSR count). The summed E-state index contributed by atoms with van der Waals surface area (Å²) in [5.41, 5.74) is -2.26. The zero-order chi connectivity index (χ0) is 22.6. The number of hydrogen-bond acceptors (Lipinski definition) is 10. The molecular weight excluding hydrogens is 426 g/mol. The molecule has 0 aliphatic rings. The van der Waals surface area contributed by atoms with E-state index in [0.717, 1.165) is 0 Å². The summed E-state index contributed by atoms with van der Waals surface area (Å²) in [4.78, 5) is 32.1. The topological polar surface area (TPSA) is 199 Å². The number of anilines is 3. The third kappa shape index (κ3) is 5.58. The highest BCUT2D eigenvalue weighted by atomic mass is 32.2. The summed E-state index contributed by atoms with van der Waals surface area (Å²) in [6.07, 6.45) is 0. The van der Waals surface area contributed by atoms with Gasteiger partial charge in [-0.3, -0.25) is 34.9 Å². The van der Waals surface area contributed by atoms with Crippen molar-refractivity contribution in [1.82, 2.24) is 0 Å². The van der Waals surface area contributed by atoms with Gasteiger partial charge >= 0.3 is 11.4 Å². The van der Waals surface area contributed by atoms with Gasteiger partial charge in [0.25, 0.3) is 15.8 Å². The average molecular weight is 441 g/mol. The smallest absolute Gasteiger partial charge is 0.306 e. The highest BCUT2D eigenvalue weighted by Gasteiger charge is 2.30. The van der Waals surface area contributed by atoms with Crippen LogP contribution in [-0.2, 0) is 10.1 Å². The number of hydrogen-bond donors (Lipinski definition) is 2. The van der Waals surface area contributed by atoms with Crippen molar-refractivity contribution in [2.24, 2.45) is 0 Å².